The molecule has 0 amide bonds. The molecule has 1 aromatic carbocycles. The number of aliphatic hydroxyl groups is 4. The molecule has 180 valence electrons. The van der Waals surface area contributed by atoms with Crippen molar-refractivity contribution in [1.29, 1.82) is 0 Å². The van der Waals surface area contributed by atoms with Crippen molar-refractivity contribution in [3.05, 3.63) is 42.0 Å². The van der Waals surface area contributed by atoms with Crippen LogP contribution in [0.2, 0.25) is 0 Å². The molecule has 32 heavy (non-hydrogen) atoms. The Morgan fingerprint density at radius 2 is 1.59 bits per heavy atom. The third-order valence-electron chi connectivity index (χ3n) is 5.43. The lowest BCUT2D eigenvalue weighted by molar-refractivity contribution is -0.0894. The fourth-order valence-corrected chi connectivity index (χ4v) is 3.63. The van der Waals surface area contributed by atoms with E-state index < -0.39 is 24.4 Å². The summed E-state index contributed by atoms with van der Waals surface area (Å²) in [6.45, 7) is 2.09. The smallest absolute Gasteiger partial charge is 0.226 e. The summed E-state index contributed by atoms with van der Waals surface area (Å²) >= 11 is 0. The molecule has 1 saturated heterocycles. The Morgan fingerprint density at radius 3 is 2.25 bits per heavy atom. The zero-order valence-electron chi connectivity index (χ0n) is 17.8. The highest BCUT2D eigenvalue weighted by Crippen LogP contribution is 2.19. The van der Waals surface area contributed by atoms with Gasteiger partial charge in [0.1, 0.15) is 30.0 Å². The molecule has 1 aromatic heterocycles. The van der Waals surface area contributed by atoms with Crippen molar-refractivity contribution in [2.75, 3.05) is 26.2 Å². The quantitative estimate of drug-likeness (QED) is 0.384. The number of hydrogen-bond acceptors (Lipinski definition) is 8. The standard InChI is InChI=1S/C22H31FN2O6.ClH/c23-16-7-5-15(6-8-16)22-24-17(14-31-22)13-30-10-4-2-1-3-9-25-11-18(26)20(28)21(29)19(27)12-25;/h5-8,14,18-21,26-29H,1-4,9-13H2;1H/t18-,19-,20+,21+;/m0./s1. The first-order valence-corrected chi connectivity index (χ1v) is 10.7. The van der Waals surface area contributed by atoms with Crippen LogP contribution < -0.4 is 0 Å². The van der Waals surface area contributed by atoms with Crippen LogP contribution in [0, 0.1) is 5.82 Å². The van der Waals surface area contributed by atoms with E-state index in [4.69, 9.17) is 9.15 Å². The second-order valence-electron chi connectivity index (χ2n) is 7.99. The van der Waals surface area contributed by atoms with E-state index >= 15 is 0 Å². The van der Waals surface area contributed by atoms with Crippen LogP contribution >= 0.6 is 12.4 Å². The summed E-state index contributed by atoms with van der Waals surface area (Å²) in [4.78, 5) is 6.21. The van der Waals surface area contributed by atoms with Gasteiger partial charge in [-0.05, 0) is 43.7 Å². The molecule has 1 aliphatic rings. The van der Waals surface area contributed by atoms with E-state index in [0.29, 0.717) is 36.9 Å². The van der Waals surface area contributed by atoms with Crippen LogP contribution in [0.3, 0.4) is 0 Å². The van der Waals surface area contributed by atoms with E-state index in [0.717, 1.165) is 25.7 Å². The van der Waals surface area contributed by atoms with Gasteiger partial charge in [0.05, 0.1) is 18.8 Å². The van der Waals surface area contributed by atoms with Crippen LogP contribution in [0.15, 0.2) is 34.9 Å². The predicted molar refractivity (Wildman–Crippen MR) is 118 cm³/mol. The number of oxazole rings is 1. The molecular weight excluding hydrogens is 443 g/mol. The van der Waals surface area contributed by atoms with E-state index in [1.54, 1.807) is 12.1 Å². The number of nitrogens with zero attached hydrogens (tertiary/aromatic N) is 2. The lowest BCUT2D eigenvalue weighted by atomic mass is 10.1. The van der Waals surface area contributed by atoms with E-state index in [9.17, 15) is 24.8 Å². The van der Waals surface area contributed by atoms with E-state index in [1.165, 1.54) is 18.4 Å². The van der Waals surface area contributed by atoms with Crippen molar-refractivity contribution < 1.29 is 34.0 Å². The highest BCUT2D eigenvalue weighted by molar-refractivity contribution is 5.85. The Labute approximate surface area is 193 Å². The van der Waals surface area contributed by atoms with E-state index in [1.807, 2.05) is 4.90 Å². The average Bonchev–Trinajstić information content (AvgIpc) is 3.20. The van der Waals surface area contributed by atoms with E-state index in [2.05, 4.69) is 4.98 Å². The first-order chi connectivity index (χ1) is 14.9. The number of β-amino-alcohol motifs (C(OH)–C–C–N with tert-alkyl or cyclic N) is 2. The number of hydrogen-bond donors (Lipinski definition) is 4. The van der Waals surface area contributed by atoms with Gasteiger partial charge in [0.15, 0.2) is 0 Å². The Balaban J connectivity index is 0.00000363. The molecule has 2 aromatic rings. The summed E-state index contributed by atoms with van der Waals surface area (Å²) in [5.74, 6) is 0.125. The van der Waals surface area contributed by atoms with Crippen molar-refractivity contribution in [2.45, 2.75) is 56.7 Å². The number of likely N-dealkylation sites (tertiary alicyclic amines) is 1. The van der Waals surface area contributed by atoms with Gasteiger partial charge in [-0.25, -0.2) is 9.37 Å². The molecular formula is C22H32ClFN2O6. The number of ether oxygens (including phenoxy) is 1. The lowest BCUT2D eigenvalue weighted by Crippen LogP contribution is -2.43. The van der Waals surface area contributed by atoms with Crippen LogP contribution in [-0.2, 0) is 11.3 Å². The molecule has 0 radical (unpaired) electrons. The number of rotatable bonds is 10. The predicted octanol–water partition coefficient (Wildman–Crippen LogP) is 1.74. The maximum Gasteiger partial charge on any atom is 0.226 e. The van der Waals surface area contributed by atoms with Gasteiger partial charge in [0, 0.05) is 25.3 Å². The second-order valence-corrected chi connectivity index (χ2v) is 7.99. The largest absolute Gasteiger partial charge is 0.444 e. The maximum atomic E-state index is 13.0. The third-order valence-corrected chi connectivity index (χ3v) is 5.43. The van der Waals surface area contributed by atoms with Gasteiger partial charge in [0.2, 0.25) is 5.89 Å². The molecule has 0 bridgehead atoms. The molecule has 8 nitrogen and oxygen atoms in total. The van der Waals surface area contributed by atoms with Crippen molar-refractivity contribution in [3.63, 3.8) is 0 Å². The van der Waals surface area contributed by atoms with Gasteiger partial charge in [-0.3, -0.25) is 4.90 Å². The van der Waals surface area contributed by atoms with Gasteiger partial charge in [0.25, 0.3) is 0 Å². The highest BCUT2D eigenvalue weighted by atomic mass is 35.5. The van der Waals surface area contributed by atoms with Gasteiger partial charge in [-0.1, -0.05) is 12.8 Å². The van der Waals surface area contributed by atoms with Gasteiger partial charge < -0.3 is 29.6 Å². The van der Waals surface area contributed by atoms with Crippen molar-refractivity contribution in [1.82, 2.24) is 9.88 Å². The zero-order valence-corrected chi connectivity index (χ0v) is 18.7. The third kappa shape index (κ3) is 7.77. The van der Waals surface area contributed by atoms with Crippen LogP contribution in [0.25, 0.3) is 11.5 Å². The van der Waals surface area contributed by atoms with Crippen molar-refractivity contribution in [2.24, 2.45) is 0 Å². The molecule has 2 heterocycles. The molecule has 1 fully saturated rings. The Kier molecular flexibility index (Phi) is 11.0. The Hall–Kier alpha value is -1.59. The molecule has 10 heteroatoms. The van der Waals surface area contributed by atoms with Gasteiger partial charge in [-0.15, -0.1) is 12.4 Å². The summed E-state index contributed by atoms with van der Waals surface area (Å²) in [5.41, 5.74) is 1.39. The zero-order chi connectivity index (χ0) is 22.2. The van der Waals surface area contributed by atoms with Crippen LogP contribution in [-0.4, -0.2) is 81.0 Å². The minimum Gasteiger partial charge on any atom is -0.444 e. The summed E-state index contributed by atoms with van der Waals surface area (Å²) in [7, 11) is 0. The van der Waals surface area contributed by atoms with Crippen LogP contribution in [0.4, 0.5) is 4.39 Å². The molecule has 0 unspecified atom stereocenters. The molecule has 4 N–H and O–H groups in total. The fraction of sp³-hybridized carbons (Fsp3) is 0.591. The Bertz CT molecular complexity index is 777. The molecule has 3 rings (SSSR count). The van der Waals surface area contributed by atoms with Crippen LogP contribution in [0.5, 0.6) is 0 Å². The van der Waals surface area contributed by atoms with Gasteiger partial charge >= 0.3 is 0 Å². The number of aromatic nitrogens is 1. The van der Waals surface area contributed by atoms with Crippen molar-refractivity contribution >= 4 is 12.4 Å². The van der Waals surface area contributed by atoms with Gasteiger partial charge in [-0.2, -0.15) is 0 Å². The molecule has 0 aliphatic carbocycles. The number of aliphatic hydroxyl groups excluding tert-OH is 4. The molecule has 0 spiro atoms. The average molecular weight is 475 g/mol. The van der Waals surface area contributed by atoms with Crippen LogP contribution in [0.1, 0.15) is 31.4 Å². The normalized spacial score (nSPS) is 24.2. The maximum absolute atomic E-state index is 13.0. The lowest BCUT2D eigenvalue weighted by Gasteiger charge is -2.23. The summed E-state index contributed by atoms with van der Waals surface area (Å²) in [5, 5.41) is 39.2. The summed E-state index contributed by atoms with van der Waals surface area (Å²) < 4.78 is 24.0. The Morgan fingerprint density at radius 1 is 0.969 bits per heavy atom. The topological polar surface area (TPSA) is 119 Å². The monoisotopic (exact) mass is 474 g/mol. The molecule has 4 atom stereocenters. The first kappa shape index (κ1) is 26.7. The number of benzene rings is 1. The van der Waals surface area contributed by atoms with E-state index in [-0.39, 0.29) is 31.3 Å². The minimum atomic E-state index is -1.33. The molecule has 0 saturated carbocycles. The first-order valence-electron chi connectivity index (χ1n) is 10.7. The summed E-state index contributed by atoms with van der Waals surface area (Å²) in [6.07, 6.45) is 0.473. The fourth-order valence-electron chi connectivity index (χ4n) is 3.63. The SMILES string of the molecule is Cl.O[C@H]1[C@H](O)[C@@H](O)CN(CCCCCCOCc2coc(-c3ccc(F)cc3)n2)C[C@@H]1O. The second kappa shape index (κ2) is 13.2. The molecule has 1 aliphatic heterocycles. The minimum absolute atomic E-state index is 0. The summed E-state index contributed by atoms with van der Waals surface area (Å²) in [6, 6.07) is 5.95. The highest BCUT2D eigenvalue weighted by Gasteiger charge is 2.35. The number of halogens is 2. The number of unbranched alkanes of at least 4 members (excludes halogenated alkanes) is 3. The van der Waals surface area contributed by atoms with Crippen molar-refractivity contribution in [3.8, 4) is 11.5 Å².